The highest BCUT2D eigenvalue weighted by Crippen LogP contribution is 2.17. The molecule has 1 saturated heterocycles. The largest absolute Gasteiger partial charge is 0.493 e. The Kier molecular flexibility index (Phi) is 6.92. The summed E-state index contributed by atoms with van der Waals surface area (Å²) in [6, 6.07) is 18.0. The number of benzene rings is 2. The molecule has 0 bridgehead atoms. The molecule has 26 heavy (non-hydrogen) atoms. The molecule has 0 aliphatic carbocycles. The number of ether oxygens (including phenoxy) is 1. The molecular formula is C21H25ClN2O2. The number of hydrogen-bond donors (Lipinski definition) is 1. The van der Waals surface area contributed by atoms with E-state index < -0.39 is 0 Å². The summed E-state index contributed by atoms with van der Waals surface area (Å²) in [4.78, 5) is 14.6. The van der Waals surface area contributed by atoms with Crippen LogP contribution >= 0.6 is 11.6 Å². The topological polar surface area (TPSA) is 41.6 Å². The zero-order valence-electron chi connectivity index (χ0n) is 14.9. The van der Waals surface area contributed by atoms with Crippen molar-refractivity contribution in [2.75, 3.05) is 19.7 Å². The second-order valence-electron chi connectivity index (χ2n) is 6.66. The van der Waals surface area contributed by atoms with E-state index in [0.29, 0.717) is 23.8 Å². The summed E-state index contributed by atoms with van der Waals surface area (Å²) in [5, 5.41) is 3.76. The molecular weight excluding hydrogens is 348 g/mol. The van der Waals surface area contributed by atoms with Gasteiger partial charge in [-0.2, -0.15) is 0 Å². The minimum atomic E-state index is 0.0496. The summed E-state index contributed by atoms with van der Waals surface area (Å²) in [6.45, 7) is 3.37. The fourth-order valence-corrected chi connectivity index (χ4v) is 3.38. The number of piperidine rings is 1. The van der Waals surface area contributed by atoms with Crippen molar-refractivity contribution in [3.8, 4) is 5.75 Å². The predicted molar refractivity (Wildman–Crippen MR) is 104 cm³/mol. The Morgan fingerprint density at radius 1 is 1.12 bits per heavy atom. The average molecular weight is 373 g/mol. The van der Waals surface area contributed by atoms with E-state index in [-0.39, 0.29) is 11.9 Å². The normalized spacial score (nSPS) is 15.6. The van der Waals surface area contributed by atoms with Gasteiger partial charge in [0.05, 0.1) is 13.0 Å². The first-order valence-electron chi connectivity index (χ1n) is 9.13. The van der Waals surface area contributed by atoms with Gasteiger partial charge in [0.25, 0.3) is 0 Å². The third-order valence-corrected chi connectivity index (χ3v) is 4.83. The second kappa shape index (κ2) is 9.60. The van der Waals surface area contributed by atoms with Crippen LogP contribution in [0.15, 0.2) is 54.6 Å². The van der Waals surface area contributed by atoms with Crippen LogP contribution in [0.25, 0.3) is 0 Å². The molecule has 1 heterocycles. The van der Waals surface area contributed by atoms with Gasteiger partial charge >= 0.3 is 0 Å². The Hall–Kier alpha value is -2.04. The van der Waals surface area contributed by atoms with E-state index in [1.807, 2.05) is 18.2 Å². The van der Waals surface area contributed by atoms with Crippen molar-refractivity contribution >= 4 is 17.5 Å². The van der Waals surface area contributed by atoms with Crippen molar-refractivity contribution in [3.63, 3.8) is 0 Å². The molecule has 0 radical (unpaired) electrons. The van der Waals surface area contributed by atoms with Crippen molar-refractivity contribution in [2.24, 2.45) is 0 Å². The van der Waals surface area contributed by atoms with Crippen LogP contribution in [0.2, 0.25) is 5.02 Å². The highest BCUT2D eigenvalue weighted by Gasteiger charge is 2.20. The molecule has 0 unspecified atom stereocenters. The van der Waals surface area contributed by atoms with Gasteiger partial charge in [-0.25, -0.2) is 0 Å². The van der Waals surface area contributed by atoms with Crippen molar-refractivity contribution in [1.29, 1.82) is 0 Å². The summed E-state index contributed by atoms with van der Waals surface area (Å²) in [6.07, 6.45) is 2.35. The number of halogens is 1. The monoisotopic (exact) mass is 372 g/mol. The minimum absolute atomic E-state index is 0.0496. The van der Waals surface area contributed by atoms with E-state index >= 15 is 0 Å². The lowest BCUT2D eigenvalue weighted by Gasteiger charge is -2.32. The van der Waals surface area contributed by atoms with Gasteiger partial charge < -0.3 is 10.1 Å². The first-order chi connectivity index (χ1) is 12.7. The third-order valence-electron chi connectivity index (χ3n) is 4.60. The number of carbonyl (C=O) groups is 1. The molecule has 1 N–H and O–H groups in total. The number of likely N-dealkylation sites (tertiary alicyclic amines) is 1. The van der Waals surface area contributed by atoms with E-state index in [1.54, 1.807) is 12.1 Å². The van der Waals surface area contributed by atoms with E-state index in [0.717, 1.165) is 32.5 Å². The second-order valence-corrected chi connectivity index (χ2v) is 7.10. The van der Waals surface area contributed by atoms with Gasteiger partial charge in [0, 0.05) is 30.7 Å². The number of carbonyl (C=O) groups excluding carboxylic acids is 1. The summed E-state index contributed by atoms with van der Waals surface area (Å²) in [5.41, 5.74) is 1.34. The van der Waals surface area contributed by atoms with Crippen molar-refractivity contribution < 1.29 is 9.53 Å². The minimum Gasteiger partial charge on any atom is -0.493 e. The average Bonchev–Trinajstić information content (AvgIpc) is 2.64. The maximum Gasteiger partial charge on any atom is 0.223 e. The molecule has 0 aromatic heterocycles. The molecule has 5 heteroatoms. The van der Waals surface area contributed by atoms with Crippen molar-refractivity contribution in [3.05, 3.63) is 65.2 Å². The Labute approximate surface area is 160 Å². The number of nitrogens with zero attached hydrogens (tertiary/aromatic N) is 1. The molecule has 1 aliphatic rings. The third kappa shape index (κ3) is 6.04. The maximum atomic E-state index is 12.1. The highest BCUT2D eigenvalue weighted by molar-refractivity contribution is 6.30. The molecule has 4 nitrogen and oxygen atoms in total. The van der Waals surface area contributed by atoms with Crippen molar-refractivity contribution in [2.45, 2.75) is 31.8 Å². The summed E-state index contributed by atoms with van der Waals surface area (Å²) in [7, 11) is 0. The van der Waals surface area contributed by atoms with Crippen LogP contribution in [0, 0.1) is 0 Å². The summed E-state index contributed by atoms with van der Waals surface area (Å²) in [5.74, 6) is 0.744. The number of rotatable bonds is 7. The molecule has 0 saturated carbocycles. The van der Waals surface area contributed by atoms with Gasteiger partial charge in [0.2, 0.25) is 5.91 Å². The first kappa shape index (κ1) is 18.7. The molecule has 1 fully saturated rings. The first-order valence-corrected chi connectivity index (χ1v) is 9.51. The quantitative estimate of drug-likeness (QED) is 0.801. The van der Waals surface area contributed by atoms with Gasteiger partial charge in [-0.15, -0.1) is 0 Å². The molecule has 0 atom stereocenters. The van der Waals surface area contributed by atoms with Gasteiger partial charge in [-0.05, 0) is 36.6 Å². The Morgan fingerprint density at radius 2 is 1.88 bits per heavy atom. The van der Waals surface area contributed by atoms with E-state index in [4.69, 9.17) is 16.3 Å². The molecule has 1 amide bonds. The zero-order valence-corrected chi connectivity index (χ0v) is 15.6. The Balaban J connectivity index is 1.33. The smallest absolute Gasteiger partial charge is 0.223 e. The lowest BCUT2D eigenvalue weighted by molar-refractivity contribution is -0.122. The number of amides is 1. The van der Waals surface area contributed by atoms with Crippen LogP contribution in [-0.4, -0.2) is 36.5 Å². The maximum absolute atomic E-state index is 12.1. The zero-order chi connectivity index (χ0) is 18.2. The molecule has 3 rings (SSSR count). The Morgan fingerprint density at radius 3 is 2.62 bits per heavy atom. The molecule has 1 aliphatic heterocycles. The van der Waals surface area contributed by atoms with E-state index in [2.05, 4.69) is 34.5 Å². The summed E-state index contributed by atoms with van der Waals surface area (Å²) < 4.78 is 5.58. The molecule has 138 valence electrons. The predicted octanol–water partition coefficient (Wildman–Crippen LogP) is 3.89. The lowest BCUT2D eigenvalue weighted by atomic mass is 10.0. The van der Waals surface area contributed by atoms with Gasteiger partial charge in [-0.3, -0.25) is 9.69 Å². The molecule has 0 spiro atoms. The SMILES string of the molecule is O=C(CCOc1cccc(Cl)c1)NC1CCN(Cc2ccccc2)CC1. The fraction of sp³-hybridized carbons (Fsp3) is 0.381. The molecule has 2 aromatic rings. The summed E-state index contributed by atoms with van der Waals surface area (Å²) >= 11 is 5.91. The van der Waals surface area contributed by atoms with Crippen LogP contribution in [-0.2, 0) is 11.3 Å². The van der Waals surface area contributed by atoms with Crippen LogP contribution in [0.5, 0.6) is 5.75 Å². The van der Waals surface area contributed by atoms with Crippen LogP contribution in [0.1, 0.15) is 24.8 Å². The standard InChI is InChI=1S/C21H25ClN2O2/c22-18-7-4-8-20(15-18)26-14-11-21(25)23-19-9-12-24(13-10-19)16-17-5-2-1-3-6-17/h1-8,15,19H,9-14,16H2,(H,23,25). The van der Waals surface area contributed by atoms with Crippen LogP contribution < -0.4 is 10.1 Å². The molecule has 2 aromatic carbocycles. The van der Waals surface area contributed by atoms with Gasteiger partial charge in [-0.1, -0.05) is 48.0 Å². The van der Waals surface area contributed by atoms with Crippen molar-refractivity contribution in [1.82, 2.24) is 10.2 Å². The van der Waals surface area contributed by atoms with Gasteiger partial charge in [0.15, 0.2) is 0 Å². The highest BCUT2D eigenvalue weighted by atomic mass is 35.5. The number of hydrogen-bond acceptors (Lipinski definition) is 3. The van der Waals surface area contributed by atoms with Crippen LogP contribution in [0.3, 0.4) is 0 Å². The number of nitrogens with one attached hydrogen (secondary N) is 1. The lowest BCUT2D eigenvalue weighted by Crippen LogP contribution is -2.44. The van der Waals surface area contributed by atoms with Gasteiger partial charge in [0.1, 0.15) is 5.75 Å². The van der Waals surface area contributed by atoms with E-state index in [1.165, 1.54) is 5.56 Å². The fourth-order valence-electron chi connectivity index (χ4n) is 3.20. The Bertz CT molecular complexity index is 700. The van der Waals surface area contributed by atoms with Crippen LogP contribution in [0.4, 0.5) is 0 Å². The van der Waals surface area contributed by atoms with E-state index in [9.17, 15) is 4.79 Å².